The summed E-state index contributed by atoms with van der Waals surface area (Å²) in [5.74, 6) is 1.80. The van der Waals surface area contributed by atoms with Gasteiger partial charge in [0.05, 0.1) is 25.0 Å². The Balaban J connectivity index is 1.64. The third-order valence-corrected chi connectivity index (χ3v) is 4.24. The van der Waals surface area contributed by atoms with Crippen LogP contribution in [-0.4, -0.2) is 59.9 Å². The van der Waals surface area contributed by atoms with E-state index in [1.165, 1.54) is 0 Å². The summed E-state index contributed by atoms with van der Waals surface area (Å²) in [4.78, 5) is 27.1. The van der Waals surface area contributed by atoms with Crippen molar-refractivity contribution in [2.24, 2.45) is 0 Å². The lowest BCUT2D eigenvalue weighted by Gasteiger charge is -2.30. The van der Waals surface area contributed by atoms with Gasteiger partial charge in [0.15, 0.2) is 0 Å². The zero-order valence-corrected chi connectivity index (χ0v) is 14.4. The molecule has 0 saturated heterocycles. The van der Waals surface area contributed by atoms with Crippen LogP contribution in [0.3, 0.4) is 0 Å². The van der Waals surface area contributed by atoms with E-state index in [1.54, 1.807) is 24.5 Å². The molecule has 0 aromatic carbocycles. The normalized spacial score (nSPS) is 14.3. The first kappa shape index (κ1) is 16.4. The molecular formula is C17H23N5O2. The maximum Gasteiger partial charge on any atom is 0.236 e. The van der Waals surface area contributed by atoms with Gasteiger partial charge in [0.25, 0.3) is 0 Å². The van der Waals surface area contributed by atoms with Crippen molar-refractivity contribution >= 4 is 11.7 Å². The molecule has 2 aromatic heterocycles. The highest BCUT2D eigenvalue weighted by Gasteiger charge is 2.24. The number of carbonyl (C=O) groups excluding carboxylic acids is 1. The molecule has 0 unspecified atom stereocenters. The Kier molecular flexibility index (Phi) is 4.80. The Labute approximate surface area is 141 Å². The van der Waals surface area contributed by atoms with Crippen LogP contribution in [0.15, 0.2) is 29.1 Å². The van der Waals surface area contributed by atoms with Crippen LogP contribution >= 0.6 is 0 Å². The topological polar surface area (TPSA) is 65.7 Å². The summed E-state index contributed by atoms with van der Waals surface area (Å²) in [6.45, 7) is 2.40. The van der Waals surface area contributed by atoms with Gasteiger partial charge in [0.2, 0.25) is 5.91 Å². The molecule has 7 nitrogen and oxygen atoms in total. The highest BCUT2D eigenvalue weighted by Crippen LogP contribution is 2.24. The lowest BCUT2D eigenvalue weighted by molar-refractivity contribution is -0.132. The maximum absolute atomic E-state index is 12.5. The van der Waals surface area contributed by atoms with Gasteiger partial charge < -0.3 is 14.2 Å². The summed E-state index contributed by atoms with van der Waals surface area (Å²) in [6, 6.07) is 3.71. The molecule has 1 amide bonds. The van der Waals surface area contributed by atoms with Gasteiger partial charge >= 0.3 is 0 Å². The monoisotopic (exact) mass is 329 g/mol. The van der Waals surface area contributed by atoms with Crippen molar-refractivity contribution in [1.29, 1.82) is 0 Å². The van der Waals surface area contributed by atoms with Gasteiger partial charge in [0.1, 0.15) is 17.9 Å². The lowest BCUT2D eigenvalue weighted by atomic mass is 10.1. The molecule has 24 heavy (non-hydrogen) atoms. The van der Waals surface area contributed by atoms with Gasteiger partial charge in [-0.2, -0.15) is 0 Å². The van der Waals surface area contributed by atoms with Crippen LogP contribution in [0.4, 0.5) is 5.82 Å². The molecule has 2 aromatic rings. The van der Waals surface area contributed by atoms with E-state index in [9.17, 15) is 4.79 Å². The average Bonchev–Trinajstić information content (AvgIpc) is 3.07. The number of hydrogen-bond donors (Lipinski definition) is 0. The van der Waals surface area contributed by atoms with Crippen LogP contribution < -0.4 is 4.90 Å². The van der Waals surface area contributed by atoms with Crippen LogP contribution in [-0.2, 0) is 24.3 Å². The molecule has 7 heteroatoms. The Morgan fingerprint density at radius 1 is 1.33 bits per heavy atom. The van der Waals surface area contributed by atoms with E-state index in [4.69, 9.17) is 4.42 Å². The second-order valence-electron chi connectivity index (χ2n) is 6.31. The molecule has 3 rings (SSSR count). The second kappa shape index (κ2) is 7.00. The van der Waals surface area contributed by atoms with E-state index < -0.39 is 0 Å². The van der Waals surface area contributed by atoms with Gasteiger partial charge in [-0.25, -0.2) is 9.97 Å². The highest BCUT2D eigenvalue weighted by molar-refractivity contribution is 5.78. The Morgan fingerprint density at radius 2 is 2.17 bits per heavy atom. The molecule has 0 saturated carbocycles. The van der Waals surface area contributed by atoms with Crippen LogP contribution in [0.5, 0.6) is 0 Å². The summed E-state index contributed by atoms with van der Waals surface area (Å²) < 4.78 is 5.30. The molecule has 0 aliphatic carbocycles. The second-order valence-corrected chi connectivity index (χ2v) is 6.31. The number of aromatic nitrogens is 2. The zero-order chi connectivity index (χ0) is 17.1. The first-order valence-electron chi connectivity index (χ1n) is 8.03. The van der Waals surface area contributed by atoms with Crippen molar-refractivity contribution < 1.29 is 9.21 Å². The van der Waals surface area contributed by atoms with Gasteiger partial charge in [-0.1, -0.05) is 0 Å². The Morgan fingerprint density at radius 3 is 2.88 bits per heavy atom. The number of likely N-dealkylation sites (N-methyl/N-ethyl adjacent to an activating group) is 1. The molecule has 128 valence electrons. The van der Waals surface area contributed by atoms with Crippen molar-refractivity contribution in [3.05, 3.63) is 41.7 Å². The van der Waals surface area contributed by atoms with Crippen LogP contribution in [0.1, 0.15) is 17.0 Å². The molecule has 0 bridgehead atoms. The van der Waals surface area contributed by atoms with Crippen LogP contribution in [0, 0.1) is 0 Å². The molecule has 0 spiro atoms. The minimum atomic E-state index is 0.0816. The number of nitrogens with zero attached hydrogens (tertiary/aromatic N) is 5. The predicted octanol–water partition coefficient (Wildman–Crippen LogP) is 1.15. The fourth-order valence-electron chi connectivity index (χ4n) is 2.94. The quantitative estimate of drug-likeness (QED) is 0.820. The number of anilines is 1. The van der Waals surface area contributed by atoms with Gasteiger partial charge in [-0.3, -0.25) is 9.69 Å². The van der Waals surface area contributed by atoms with Crippen LogP contribution in [0.2, 0.25) is 0 Å². The molecular weight excluding hydrogens is 306 g/mol. The van der Waals surface area contributed by atoms with Crippen molar-refractivity contribution in [1.82, 2.24) is 19.8 Å². The largest absolute Gasteiger partial charge is 0.467 e. The molecule has 0 atom stereocenters. The summed E-state index contributed by atoms with van der Waals surface area (Å²) in [7, 11) is 5.75. The number of hydrogen-bond acceptors (Lipinski definition) is 6. The van der Waals surface area contributed by atoms with E-state index in [1.807, 2.05) is 31.1 Å². The summed E-state index contributed by atoms with van der Waals surface area (Å²) in [6.07, 6.45) is 4.08. The third-order valence-electron chi connectivity index (χ3n) is 4.24. The van der Waals surface area contributed by atoms with Crippen molar-refractivity contribution in [2.45, 2.75) is 19.5 Å². The smallest absolute Gasteiger partial charge is 0.236 e. The average molecular weight is 329 g/mol. The summed E-state index contributed by atoms with van der Waals surface area (Å²) in [5.41, 5.74) is 2.21. The molecule has 3 heterocycles. The zero-order valence-electron chi connectivity index (χ0n) is 14.4. The van der Waals surface area contributed by atoms with Crippen molar-refractivity contribution in [2.75, 3.05) is 39.1 Å². The van der Waals surface area contributed by atoms with E-state index >= 15 is 0 Å². The fraction of sp³-hybridized carbons (Fsp3) is 0.471. The lowest BCUT2D eigenvalue weighted by Crippen LogP contribution is -2.41. The first-order chi connectivity index (χ1) is 11.5. The highest BCUT2D eigenvalue weighted by atomic mass is 16.3. The van der Waals surface area contributed by atoms with Crippen molar-refractivity contribution in [3.8, 4) is 0 Å². The fourth-order valence-corrected chi connectivity index (χ4v) is 2.94. The number of amides is 1. The Hall–Kier alpha value is -2.41. The van der Waals surface area contributed by atoms with E-state index in [2.05, 4.69) is 14.9 Å². The molecule has 1 aliphatic heterocycles. The first-order valence-corrected chi connectivity index (χ1v) is 8.03. The molecule has 0 fully saturated rings. The molecule has 0 radical (unpaired) electrons. The van der Waals surface area contributed by atoms with Crippen LogP contribution in [0.25, 0.3) is 0 Å². The number of carbonyl (C=O) groups is 1. The van der Waals surface area contributed by atoms with E-state index in [0.29, 0.717) is 19.6 Å². The Bertz CT molecular complexity index is 699. The standard InChI is InChI=1S/C17H23N5O2/c1-20(2)17-14-10-22(7-6-15(14)18-12-19-17)11-16(23)21(3)9-13-5-4-8-24-13/h4-5,8,12H,6-7,9-11H2,1-3H3. The van der Waals surface area contributed by atoms with Gasteiger partial charge in [-0.15, -0.1) is 0 Å². The minimum Gasteiger partial charge on any atom is -0.467 e. The van der Waals surface area contributed by atoms with Gasteiger partial charge in [0, 0.05) is 46.2 Å². The maximum atomic E-state index is 12.5. The van der Waals surface area contributed by atoms with Gasteiger partial charge in [-0.05, 0) is 12.1 Å². The third kappa shape index (κ3) is 3.56. The van der Waals surface area contributed by atoms with E-state index in [0.717, 1.165) is 35.8 Å². The summed E-state index contributed by atoms with van der Waals surface area (Å²) in [5, 5.41) is 0. The van der Waals surface area contributed by atoms with E-state index in [-0.39, 0.29) is 5.91 Å². The number of rotatable bonds is 5. The molecule has 1 aliphatic rings. The summed E-state index contributed by atoms with van der Waals surface area (Å²) >= 11 is 0. The molecule has 0 N–H and O–H groups in total. The number of furan rings is 1. The number of fused-ring (bicyclic) bond motifs is 1. The van der Waals surface area contributed by atoms with Crippen molar-refractivity contribution in [3.63, 3.8) is 0 Å². The minimum absolute atomic E-state index is 0.0816. The SMILES string of the molecule is CN(Cc1ccco1)C(=O)CN1CCc2ncnc(N(C)C)c2C1. The predicted molar refractivity (Wildman–Crippen MR) is 90.5 cm³/mol.